The SMILES string of the molecule is CC(C)Oc1ccccc1/C=N/OC1CCCN(c2cnn(C)c2)C1=O. The first-order valence-corrected chi connectivity index (χ1v) is 8.79. The van der Waals surface area contributed by atoms with Crippen LogP contribution in [0.1, 0.15) is 32.3 Å². The molecular weight excluding hydrogens is 332 g/mol. The van der Waals surface area contributed by atoms with Crippen molar-refractivity contribution in [2.45, 2.75) is 38.9 Å². The van der Waals surface area contributed by atoms with E-state index in [9.17, 15) is 4.79 Å². The van der Waals surface area contributed by atoms with Gasteiger partial charge in [-0.3, -0.25) is 9.48 Å². The van der Waals surface area contributed by atoms with Gasteiger partial charge in [0.1, 0.15) is 5.75 Å². The minimum absolute atomic E-state index is 0.0680. The Balaban J connectivity index is 1.66. The Labute approximate surface area is 153 Å². The fraction of sp³-hybridized carbons (Fsp3) is 0.421. The third-order valence-electron chi connectivity index (χ3n) is 4.05. The van der Waals surface area contributed by atoms with E-state index < -0.39 is 6.10 Å². The average Bonchev–Trinajstić information content (AvgIpc) is 3.03. The molecule has 1 aromatic carbocycles. The fourth-order valence-corrected chi connectivity index (χ4v) is 2.85. The Morgan fingerprint density at radius 2 is 2.15 bits per heavy atom. The molecule has 0 aliphatic carbocycles. The molecule has 7 nitrogen and oxygen atoms in total. The highest BCUT2D eigenvalue weighted by atomic mass is 16.6. The molecule has 1 aromatic heterocycles. The minimum Gasteiger partial charge on any atom is -0.490 e. The smallest absolute Gasteiger partial charge is 0.270 e. The van der Waals surface area contributed by atoms with Crippen molar-refractivity contribution in [3.63, 3.8) is 0 Å². The first-order valence-electron chi connectivity index (χ1n) is 8.79. The molecular formula is C19H24N4O3. The molecule has 3 rings (SSSR count). The van der Waals surface area contributed by atoms with Gasteiger partial charge in [-0.1, -0.05) is 17.3 Å². The van der Waals surface area contributed by atoms with Gasteiger partial charge >= 0.3 is 0 Å². The standard InChI is InChI=1S/C19H24N4O3/c1-14(2)25-17-8-5-4-7-15(17)11-21-26-18-9-6-10-23(19(18)24)16-12-20-22(3)13-16/h4-5,7-8,11-14,18H,6,9-10H2,1-3H3/b21-11+. The monoisotopic (exact) mass is 356 g/mol. The summed E-state index contributed by atoms with van der Waals surface area (Å²) in [6.07, 6.45) is 6.09. The summed E-state index contributed by atoms with van der Waals surface area (Å²) in [6, 6.07) is 7.60. The van der Waals surface area contributed by atoms with Crippen molar-refractivity contribution < 1.29 is 14.4 Å². The molecule has 26 heavy (non-hydrogen) atoms. The number of carbonyl (C=O) groups is 1. The maximum absolute atomic E-state index is 12.7. The maximum atomic E-state index is 12.7. The van der Waals surface area contributed by atoms with Gasteiger partial charge in [0.25, 0.3) is 5.91 Å². The van der Waals surface area contributed by atoms with Gasteiger partial charge in [0.05, 0.1) is 24.2 Å². The highest BCUT2D eigenvalue weighted by molar-refractivity contribution is 5.97. The van der Waals surface area contributed by atoms with E-state index in [1.54, 1.807) is 22.0 Å². The topological polar surface area (TPSA) is 69.0 Å². The maximum Gasteiger partial charge on any atom is 0.270 e. The lowest BCUT2D eigenvalue weighted by Gasteiger charge is -2.29. The number of ether oxygens (including phenoxy) is 1. The van der Waals surface area contributed by atoms with E-state index in [1.165, 1.54) is 0 Å². The molecule has 1 unspecified atom stereocenters. The van der Waals surface area contributed by atoms with Gasteiger partial charge in [0.15, 0.2) is 0 Å². The number of para-hydroxylation sites is 1. The van der Waals surface area contributed by atoms with Crippen LogP contribution >= 0.6 is 0 Å². The van der Waals surface area contributed by atoms with Crippen LogP contribution in [0.15, 0.2) is 41.8 Å². The van der Waals surface area contributed by atoms with Crippen molar-refractivity contribution in [2.24, 2.45) is 12.2 Å². The van der Waals surface area contributed by atoms with Crippen LogP contribution in [0.25, 0.3) is 0 Å². The Hall–Kier alpha value is -2.83. The van der Waals surface area contributed by atoms with Crippen LogP contribution in [0.5, 0.6) is 5.75 Å². The lowest BCUT2D eigenvalue weighted by Crippen LogP contribution is -2.44. The molecule has 2 heterocycles. The first-order chi connectivity index (χ1) is 12.5. The Kier molecular flexibility index (Phi) is 5.55. The summed E-state index contributed by atoms with van der Waals surface area (Å²) in [5.41, 5.74) is 1.60. The number of carbonyl (C=O) groups excluding carboxylic acids is 1. The minimum atomic E-state index is -0.585. The molecule has 2 aromatic rings. The molecule has 1 atom stereocenters. The molecule has 1 aliphatic heterocycles. The van der Waals surface area contributed by atoms with E-state index in [2.05, 4.69) is 10.3 Å². The number of oxime groups is 1. The van der Waals surface area contributed by atoms with Gasteiger partial charge in [-0.2, -0.15) is 5.10 Å². The van der Waals surface area contributed by atoms with Crippen molar-refractivity contribution >= 4 is 17.8 Å². The summed E-state index contributed by atoms with van der Waals surface area (Å²) >= 11 is 0. The molecule has 1 fully saturated rings. The van der Waals surface area contributed by atoms with Crippen LogP contribution in [0, 0.1) is 0 Å². The number of aromatic nitrogens is 2. The van der Waals surface area contributed by atoms with Gasteiger partial charge in [-0.25, -0.2) is 0 Å². The molecule has 0 saturated carbocycles. The van der Waals surface area contributed by atoms with Crippen LogP contribution in [-0.4, -0.2) is 40.7 Å². The number of benzene rings is 1. The molecule has 1 amide bonds. The second-order valence-electron chi connectivity index (χ2n) is 6.54. The van der Waals surface area contributed by atoms with Crippen LogP contribution in [0.4, 0.5) is 5.69 Å². The van der Waals surface area contributed by atoms with E-state index in [1.807, 2.05) is 51.4 Å². The third kappa shape index (κ3) is 4.22. The second kappa shape index (κ2) is 8.03. The number of hydrogen-bond acceptors (Lipinski definition) is 5. The molecule has 0 bridgehead atoms. The molecule has 0 spiro atoms. The largest absolute Gasteiger partial charge is 0.490 e. The van der Waals surface area contributed by atoms with Gasteiger partial charge in [0, 0.05) is 25.4 Å². The summed E-state index contributed by atoms with van der Waals surface area (Å²) in [6.45, 7) is 4.61. The third-order valence-corrected chi connectivity index (χ3v) is 4.05. The van der Waals surface area contributed by atoms with Crippen molar-refractivity contribution in [3.05, 3.63) is 42.2 Å². The van der Waals surface area contributed by atoms with Crippen LogP contribution < -0.4 is 9.64 Å². The molecule has 0 radical (unpaired) electrons. The normalized spacial score (nSPS) is 17.9. The van der Waals surface area contributed by atoms with Gasteiger partial charge in [0.2, 0.25) is 6.10 Å². The zero-order chi connectivity index (χ0) is 18.5. The van der Waals surface area contributed by atoms with E-state index >= 15 is 0 Å². The summed E-state index contributed by atoms with van der Waals surface area (Å²) in [5.74, 6) is 0.648. The number of rotatable bonds is 6. The number of piperidine rings is 1. The highest BCUT2D eigenvalue weighted by Gasteiger charge is 2.32. The van der Waals surface area contributed by atoms with Crippen molar-refractivity contribution in [2.75, 3.05) is 11.4 Å². The van der Waals surface area contributed by atoms with Gasteiger partial charge < -0.3 is 14.5 Å². The molecule has 0 N–H and O–H groups in total. The number of anilines is 1. The van der Waals surface area contributed by atoms with Crippen molar-refractivity contribution in [1.82, 2.24) is 9.78 Å². The lowest BCUT2D eigenvalue weighted by atomic mass is 10.1. The van der Waals surface area contributed by atoms with Gasteiger partial charge in [-0.05, 0) is 38.8 Å². The zero-order valence-electron chi connectivity index (χ0n) is 15.3. The van der Waals surface area contributed by atoms with Crippen LogP contribution in [-0.2, 0) is 16.7 Å². The summed E-state index contributed by atoms with van der Waals surface area (Å²) in [4.78, 5) is 19.9. The quantitative estimate of drug-likeness (QED) is 0.589. The van der Waals surface area contributed by atoms with E-state index in [0.717, 1.165) is 23.4 Å². The Morgan fingerprint density at radius 3 is 2.88 bits per heavy atom. The predicted molar refractivity (Wildman–Crippen MR) is 99.5 cm³/mol. The lowest BCUT2D eigenvalue weighted by molar-refractivity contribution is -0.132. The number of hydrogen-bond donors (Lipinski definition) is 0. The van der Waals surface area contributed by atoms with Crippen LogP contribution in [0.2, 0.25) is 0 Å². The second-order valence-corrected chi connectivity index (χ2v) is 6.54. The Morgan fingerprint density at radius 1 is 1.35 bits per heavy atom. The van der Waals surface area contributed by atoms with Crippen molar-refractivity contribution in [3.8, 4) is 5.75 Å². The van der Waals surface area contributed by atoms with E-state index in [4.69, 9.17) is 9.57 Å². The fourth-order valence-electron chi connectivity index (χ4n) is 2.85. The Bertz CT molecular complexity index is 785. The number of amides is 1. The van der Waals surface area contributed by atoms with Crippen molar-refractivity contribution in [1.29, 1.82) is 0 Å². The van der Waals surface area contributed by atoms with E-state index in [0.29, 0.717) is 13.0 Å². The summed E-state index contributed by atoms with van der Waals surface area (Å²) in [5, 5.41) is 8.17. The summed E-state index contributed by atoms with van der Waals surface area (Å²) < 4.78 is 7.43. The molecule has 1 aliphatic rings. The van der Waals surface area contributed by atoms with Gasteiger partial charge in [-0.15, -0.1) is 0 Å². The molecule has 1 saturated heterocycles. The molecule has 7 heteroatoms. The predicted octanol–water partition coefficient (Wildman–Crippen LogP) is 2.75. The zero-order valence-corrected chi connectivity index (χ0v) is 15.3. The number of aryl methyl sites for hydroxylation is 1. The first kappa shape index (κ1) is 18.0. The van der Waals surface area contributed by atoms with Crippen LogP contribution in [0.3, 0.4) is 0 Å². The summed E-state index contributed by atoms with van der Waals surface area (Å²) in [7, 11) is 1.83. The average molecular weight is 356 g/mol. The highest BCUT2D eigenvalue weighted by Crippen LogP contribution is 2.22. The number of nitrogens with zero attached hydrogens (tertiary/aromatic N) is 4. The van der Waals surface area contributed by atoms with E-state index in [-0.39, 0.29) is 12.0 Å². The molecule has 138 valence electrons.